The molecule has 2 aromatic carbocycles. The highest BCUT2D eigenvalue weighted by Gasteiger charge is 2.22. The van der Waals surface area contributed by atoms with Crippen LogP contribution in [-0.4, -0.2) is 34.9 Å². The molecule has 1 amide bonds. The largest absolute Gasteiger partial charge is 0.350 e. The Morgan fingerprint density at radius 2 is 2.00 bits per heavy atom. The lowest BCUT2D eigenvalue weighted by molar-refractivity contribution is -0.125. The monoisotopic (exact) mass is 336 g/mol. The summed E-state index contributed by atoms with van der Waals surface area (Å²) in [5, 5.41) is 3.05. The minimum absolute atomic E-state index is 0.00325. The SMILES string of the molecule is Cc1cccc([C@H](C(=O)NCc2ccc3nc(C)[nH]c3c2)N(C)C)c1. The topological polar surface area (TPSA) is 61.0 Å². The fourth-order valence-corrected chi connectivity index (χ4v) is 3.10. The van der Waals surface area contributed by atoms with E-state index in [1.807, 2.05) is 69.2 Å². The summed E-state index contributed by atoms with van der Waals surface area (Å²) in [7, 11) is 3.85. The van der Waals surface area contributed by atoms with Gasteiger partial charge in [0.25, 0.3) is 0 Å². The highest BCUT2D eigenvalue weighted by atomic mass is 16.2. The molecule has 5 heteroatoms. The summed E-state index contributed by atoms with van der Waals surface area (Å²) in [6.07, 6.45) is 0. The average Bonchev–Trinajstić information content (AvgIpc) is 2.92. The molecule has 1 atom stereocenters. The molecule has 0 aliphatic carbocycles. The highest BCUT2D eigenvalue weighted by Crippen LogP contribution is 2.20. The third-order valence-electron chi connectivity index (χ3n) is 4.25. The maximum Gasteiger partial charge on any atom is 0.242 e. The van der Waals surface area contributed by atoms with Gasteiger partial charge in [0.2, 0.25) is 5.91 Å². The number of hydrogen-bond acceptors (Lipinski definition) is 3. The summed E-state index contributed by atoms with van der Waals surface area (Å²) in [6.45, 7) is 4.46. The van der Waals surface area contributed by atoms with Gasteiger partial charge in [-0.25, -0.2) is 4.98 Å². The van der Waals surface area contributed by atoms with Crippen molar-refractivity contribution in [2.45, 2.75) is 26.4 Å². The summed E-state index contributed by atoms with van der Waals surface area (Å²) < 4.78 is 0. The number of nitrogens with one attached hydrogen (secondary N) is 2. The molecular weight excluding hydrogens is 312 g/mol. The second-order valence-electron chi connectivity index (χ2n) is 6.67. The summed E-state index contributed by atoms with van der Waals surface area (Å²) in [5.41, 5.74) is 5.14. The van der Waals surface area contributed by atoms with Crippen LogP contribution in [0.2, 0.25) is 0 Å². The number of aryl methyl sites for hydroxylation is 2. The van der Waals surface area contributed by atoms with Gasteiger partial charge >= 0.3 is 0 Å². The number of likely N-dealkylation sites (N-methyl/N-ethyl adjacent to an activating group) is 1. The van der Waals surface area contributed by atoms with Crippen LogP contribution in [0.25, 0.3) is 11.0 Å². The van der Waals surface area contributed by atoms with Crippen LogP contribution in [0.15, 0.2) is 42.5 Å². The van der Waals surface area contributed by atoms with Gasteiger partial charge < -0.3 is 10.3 Å². The molecule has 3 rings (SSSR count). The number of aromatic amines is 1. The molecule has 0 aliphatic heterocycles. The number of fused-ring (bicyclic) bond motifs is 1. The molecule has 0 radical (unpaired) electrons. The minimum atomic E-state index is -0.307. The van der Waals surface area contributed by atoms with Gasteiger partial charge in [0.1, 0.15) is 11.9 Å². The van der Waals surface area contributed by atoms with E-state index in [1.165, 1.54) is 0 Å². The molecule has 0 fully saturated rings. The van der Waals surface area contributed by atoms with E-state index in [-0.39, 0.29) is 11.9 Å². The molecule has 3 aromatic rings. The van der Waals surface area contributed by atoms with Crippen molar-refractivity contribution in [2.24, 2.45) is 0 Å². The van der Waals surface area contributed by atoms with E-state index in [2.05, 4.69) is 21.4 Å². The molecule has 1 heterocycles. The zero-order chi connectivity index (χ0) is 18.0. The second kappa shape index (κ2) is 7.07. The van der Waals surface area contributed by atoms with Gasteiger partial charge in [-0.2, -0.15) is 0 Å². The fraction of sp³-hybridized carbons (Fsp3) is 0.300. The molecule has 1 aromatic heterocycles. The lowest BCUT2D eigenvalue weighted by atomic mass is 10.0. The predicted molar refractivity (Wildman–Crippen MR) is 100 cm³/mol. The maximum atomic E-state index is 12.8. The number of nitrogens with zero attached hydrogens (tertiary/aromatic N) is 2. The summed E-state index contributed by atoms with van der Waals surface area (Å²) in [5.74, 6) is 0.889. The zero-order valence-electron chi connectivity index (χ0n) is 15.1. The fourth-order valence-electron chi connectivity index (χ4n) is 3.10. The number of amides is 1. The Kier molecular flexibility index (Phi) is 4.86. The summed E-state index contributed by atoms with van der Waals surface area (Å²) in [4.78, 5) is 22.3. The quantitative estimate of drug-likeness (QED) is 0.753. The van der Waals surface area contributed by atoms with Gasteiger partial charge in [-0.1, -0.05) is 35.9 Å². The number of carbonyl (C=O) groups is 1. The standard InChI is InChI=1S/C20H24N4O/c1-13-6-5-7-16(10-13)19(24(3)4)20(25)21-12-15-8-9-17-18(11-15)23-14(2)22-17/h5-11,19H,12H2,1-4H3,(H,21,25)(H,22,23)/t19-/m1/s1. The van der Waals surface area contributed by atoms with Crippen LogP contribution in [0.5, 0.6) is 0 Å². The minimum Gasteiger partial charge on any atom is -0.350 e. The Labute approximate surface area is 148 Å². The van der Waals surface area contributed by atoms with Crippen LogP contribution in [0, 0.1) is 13.8 Å². The number of rotatable bonds is 5. The molecule has 0 spiro atoms. The Hall–Kier alpha value is -2.66. The molecule has 0 saturated carbocycles. The first-order valence-corrected chi connectivity index (χ1v) is 8.40. The Morgan fingerprint density at radius 3 is 2.72 bits per heavy atom. The predicted octanol–water partition coefficient (Wildman–Crippen LogP) is 3.10. The van der Waals surface area contributed by atoms with Crippen molar-refractivity contribution in [3.63, 3.8) is 0 Å². The first-order chi connectivity index (χ1) is 11.9. The van der Waals surface area contributed by atoms with Crippen LogP contribution in [0.3, 0.4) is 0 Å². The average molecular weight is 336 g/mol. The van der Waals surface area contributed by atoms with Crippen LogP contribution < -0.4 is 5.32 Å². The summed E-state index contributed by atoms with van der Waals surface area (Å²) in [6, 6.07) is 13.8. The van der Waals surface area contributed by atoms with Crippen molar-refractivity contribution in [3.05, 3.63) is 65.0 Å². The Bertz CT molecular complexity index is 898. The van der Waals surface area contributed by atoms with Crippen molar-refractivity contribution in [1.82, 2.24) is 20.2 Å². The first kappa shape index (κ1) is 17.2. The normalized spacial score (nSPS) is 12.5. The third kappa shape index (κ3) is 3.88. The lowest BCUT2D eigenvalue weighted by Gasteiger charge is -2.24. The lowest BCUT2D eigenvalue weighted by Crippen LogP contribution is -2.36. The van der Waals surface area contributed by atoms with E-state index in [9.17, 15) is 4.79 Å². The van der Waals surface area contributed by atoms with Gasteiger partial charge in [0.05, 0.1) is 11.0 Å². The number of hydrogen-bond donors (Lipinski definition) is 2. The van der Waals surface area contributed by atoms with Crippen LogP contribution in [0.1, 0.15) is 28.6 Å². The Morgan fingerprint density at radius 1 is 1.20 bits per heavy atom. The molecule has 0 aliphatic rings. The molecule has 25 heavy (non-hydrogen) atoms. The molecule has 0 unspecified atom stereocenters. The van der Waals surface area contributed by atoms with Gasteiger partial charge in [-0.05, 0) is 51.2 Å². The van der Waals surface area contributed by atoms with Crippen molar-refractivity contribution in [2.75, 3.05) is 14.1 Å². The molecule has 0 saturated heterocycles. The van der Waals surface area contributed by atoms with E-state index in [1.54, 1.807) is 0 Å². The van der Waals surface area contributed by atoms with Crippen molar-refractivity contribution >= 4 is 16.9 Å². The van der Waals surface area contributed by atoms with Gasteiger partial charge in [0, 0.05) is 6.54 Å². The smallest absolute Gasteiger partial charge is 0.242 e. The second-order valence-corrected chi connectivity index (χ2v) is 6.67. The highest BCUT2D eigenvalue weighted by molar-refractivity contribution is 5.83. The summed E-state index contributed by atoms with van der Waals surface area (Å²) >= 11 is 0. The Balaban J connectivity index is 1.74. The van der Waals surface area contributed by atoms with Crippen molar-refractivity contribution < 1.29 is 4.79 Å². The number of imidazole rings is 1. The number of carbonyl (C=O) groups excluding carboxylic acids is 1. The van der Waals surface area contributed by atoms with Gasteiger partial charge in [-0.3, -0.25) is 9.69 Å². The third-order valence-corrected chi connectivity index (χ3v) is 4.25. The number of benzene rings is 2. The van der Waals surface area contributed by atoms with Crippen molar-refractivity contribution in [3.8, 4) is 0 Å². The van der Waals surface area contributed by atoms with Crippen LogP contribution >= 0.6 is 0 Å². The molecular formula is C20H24N4O. The van der Waals surface area contributed by atoms with Gasteiger partial charge in [0.15, 0.2) is 0 Å². The number of aromatic nitrogens is 2. The van der Waals surface area contributed by atoms with E-state index >= 15 is 0 Å². The molecule has 5 nitrogen and oxygen atoms in total. The van der Waals surface area contributed by atoms with Gasteiger partial charge in [-0.15, -0.1) is 0 Å². The van der Waals surface area contributed by atoms with E-state index in [4.69, 9.17) is 0 Å². The van der Waals surface area contributed by atoms with Crippen LogP contribution in [-0.2, 0) is 11.3 Å². The molecule has 2 N–H and O–H groups in total. The molecule has 0 bridgehead atoms. The van der Waals surface area contributed by atoms with E-state index in [0.717, 1.165) is 33.5 Å². The maximum absolute atomic E-state index is 12.8. The van der Waals surface area contributed by atoms with Crippen molar-refractivity contribution in [1.29, 1.82) is 0 Å². The molecule has 130 valence electrons. The van der Waals surface area contributed by atoms with Crippen LogP contribution in [0.4, 0.5) is 0 Å². The zero-order valence-corrected chi connectivity index (χ0v) is 15.1. The van der Waals surface area contributed by atoms with E-state index < -0.39 is 0 Å². The number of H-pyrrole nitrogens is 1. The van der Waals surface area contributed by atoms with E-state index in [0.29, 0.717) is 6.54 Å². The first-order valence-electron chi connectivity index (χ1n) is 8.40.